The highest BCUT2D eigenvalue weighted by Crippen LogP contribution is 2.04. The fourth-order valence-electron chi connectivity index (χ4n) is 2.15. The molecule has 0 amide bonds. The molecular formula is C13H29N3. The number of rotatable bonds is 6. The van der Waals surface area contributed by atoms with Gasteiger partial charge in [0, 0.05) is 25.7 Å². The second-order valence-corrected chi connectivity index (χ2v) is 5.69. The molecular weight excluding hydrogens is 198 g/mol. The maximum Gasteiger partial charge on any atom is 0.0207 e. The van der Waals surface area contributed by atoms with Gasteiger partial charge in [-0.1, -0.05) is 13.8 Å². The highest BCUT2D eigenvalue weighted by Gasteiger charge is 2.16. The van der Waals surface area contributed by atoms with Gasteiger partial charge in [0.25, 0.3) is 0 Å². The Morgan fingerprint density at radius 2 is 2.12 bits per heavy atom. The monoisotopic (exact) mass is 227 g/mol. The van der Waals surface area contributed by atoms with Crippen molar-refractivity contribution in [2.24, 2.45) is 5.92 Å². The number of piperazine rings is 1. The van der Waals surface area contributed by atoms with Gasteiger partial charge in [0.1, 0.15) is 0 Å². The van der Waals surface area contributed by atoms with Crippen LogP contribution in [-0.4, -0.2) is 62.7 Å². The van der Waals surface area contributed by atoms with Crippen LogP contribution in [0, 0.1) is 5.92 Å². The van der Waals surface area contributed by atoms with E-state index in [1.54, 1.807) is 0 Å². The Kier molecular flexibility index (Phi) is 6.32. The zero-order valence-electron chi connectivity index (χ0n) is 11.5. The highest BCUT2D eigenvalue weighted by molar-refractivity contribution is 4.77. The lowest BCUT2D eigenvalue weighted by Crippen LogP contribution is -2.49. The van der Waals surface area contributed by atoms with Gasteiger partial charge in [-0.2, -0.15) is 0 Å². The number of nitrogens with one attached hydrogen (secondary N) is 1. The summed E-state index contributed by atoms with van der Waals surface area (Å²) in [4.78, 5) is 4.89. The van der Waals surface area contributed by atoms with Crippen molar-refractivity contribution in [1.82, 2.24) is 15.1 Å². The molecule has 3 heteroatoms. The van der Waals surface area contributed by atoms with E-state index in [9.17, 15) is 0 Å². The minimum atomic E-state index is 0.695. The lowest BCUT2D eigenvalue weighted by molar-refractivity contribution is 0.212. The van der Waals surface area contributed by atoms with E-state index in [1.165, 1.54) is 39.0 Å². The number of hydrogen-bond acceptors (Lipinski definition) is 3. The summed E-state index contributed by atoms with van der Waals surface area (Å²) >= 11 is 0. The smallest absolute Gasteiger partial charge is 0.0207 e. The standard InChI is InChI=1S/C13H29N3/c1-12(2)5-8-15(3)9-6-13-11-16(4)10-7-14-13/h12-14H,5-11H2,1-4H3. The van der Waals surface area contributed by atoms with Gasteiger partial charge in [-0.05, 0) is 45.9 Å². The largest absolute Gasteiger partial charge is 0.311 e. The first kappa shape index (κ1) is 13.9. The molecule has 1 rings (SSSR count). The molecule has 1 atom stereocenters. The maximum absolute atomic E-state index is 3.60. The summed E-state index contributed by atoms with van der Waals surface area (Å²) in [5, 5.41) is 3.60. The minimum absolute atomic E-state index is 0.695. The van der Waals surface area contributed by atoms with Crippen LogP contribution in [-0.2, 0) is 0 Å². The zero-order chi connectivity index (χ0) is 12.0. The summed E-state index contributed by atoms with van der Waals surface area (Å²) in [5.74, 6) is 0.821. The summed E-state index contributed by atoms with van der Waals surface area (Å²) in [6.45, 7) is 10.6. The molecule has 16 heavy (non-hydrogen) atoms. The molecule has 0 aromatic rings. The molecule has 0 bridgehead atoms. The zero-order valence-corrected chi connectivity index (χ0v) is 11.5. The van der Waals surface area contributed by atoms with Crippen molar-refractivity contribution in [3.8, 4) is 0 Å². The third-order valence-electron chi connectivity index (χ3n) is 3.41. The Hall–Kier alpha value is -0.120. The van der Waals surface area contributed by atoms with Crippen LogP contribution in [0.25, 0.3) is 0 Å². The Labute approximate surface area is 101 Å². The van der Waals surface area contributed by atoms with Crippen molar-refractivity contribution in [3.05, 3.63) is 0 Å². The van der Waals surface area contributed by atoms with Gasteiger partial charge in [0.2, 0.25) is 0 Å². The van der Waals surface area contributed by atoms with Gasteiger partial charge >= 0.3 is 0 Å². The Balaban J connectivity index is 2.08. The van der Waals surface area contributed by atoms with Crippen molar-refractivity contribution in [2.45, 2.75) is 32.7 Å². The topological polar surface area (TPSA) is 18.5 Å². The highest BCUT2D eigenvalue weighted by atomic mass is 15.2. The third-order valence-corrected chi connectivity index (χ3v) is 3.41. The molecule has 1 unspecified atom stereocenters. The first-order chi connectivity index (χ1) is 7.58. The third kappa shape index (κ3) is 5.83. The molecule has 0 radical (unpaired) electrons. The Bertz CT molecular complexity index is 182. The predicted octanol–water partition coefficient (Wildman–Crippen LogP) is 1.26. The first-order valence-electron chi connectivity index (χ1n) is 6.68. The molecule has 1 aliphatic heterocycles. The second kappa shape index (κ2) is 7.25. The number of hydrogen-bond donors (Lipinski definition) is 1. The van der Waals surface area contributed by atoms with Crippen molar-refractivity contribution in [3.63, 3.8) is 0 Å². The molecule has 96 valence electrons. The van der Waals surface area contributed by atoms with Crippen LogP contribution in [0.5, 0.6) is 0 Å². The average Bonchev–Trinajstić information content (AvgIpc) is 2.23. The van der Waals surface area contributed by atoms with Crippen molar-refractivity contribution in [2.75, 3.05) is 46.8 Å². The van der Waals surface area contributed by atoms with Crippen LogP contribution in [0.3, 0.4) is 0 Å². The Morgan fingerprint density at radius 1 is 1.38 bits per heavy atom. The minimum Gasteiger partial charge on any atom is -0.311 e. The van der Waals surface area contributed by atoms with Crippen LogP contribution in [0.2, 0.25) is 0 Å². The van der Waals surface area contributed by atoms with E-state index >= 15 is 0 Å². The molecule has 1 heterocycles. The van der Waals surface area contributed by atoms with Gasteiger partial charge in [0.15, 0.2) is 0 Å². The van der Waals surface area contributed by atoms with Crippen LogP contribution >= 0.6 is 0 Å². The van der Waals surface area contributed by atoms with Crippen LogP contribution in [0.1, 0.15) is 26.7 Å². The van der Waals surface area contributed by atoms with Gasteiger partial charge in [-0.15, -0.1) is 0 Å². The Morgan fingerprint density at radius 3 is 2.75 bits per heavy atom. The van der Waals surface area contributed by atoms with Gasteiger partial charge in [-0.25, -0.2) is 0 Å². The molecule has 0 saturated carbocycles. The van der Waals surface area contributed by atoms with Gasteiger partial charge < -0.3 is 15.1 Å². The van der Waals surface area contributed by atoms with Crippen molar-refractivity contribution in [1.29, 1.82) is 0 Å². The van der Waals surface area contributed by atoms with Gasteiger partial charge in [0.05, 0.1) is 0 Å². The summed E-state index contributed by atoms with van der Waals surface area (Å²) in [6.07, 6.45) is 2.59. The van der Waals surface area contributed by atoms with Crippen LogP contribution in [0.15, 0.2) is 0 Å². The summed E-state index contributed by atoms with van der Waals surface area (Å²) in [6, 6.07) is 0.695. The first-order valence-corrected chi connectivity index (χ1v) is 6.68. The van der Waals surface area contributed by atoms with Gasteiger partial charge in [-0.3, -0.25) is 0 Å². The lowest BCUT2D eigenvalue weighted by Gasteiger charge is -2.32. The van der Waals surface area contributed by atoms with E-state index < -0.39 is 0 Å². The SMILES string of the molecule is CC(C)CCN(C)CCC1CN(C)CCN1. The summed E-state index contributed by atoms with van der Waals surface area (Å²) in [7, 11) is 4.46. The fraction of sp³-hybridized carbons (Fsp3) is 1.00. The van der Waals surface area contributed by atoms with E-state index in [4.69, 9.17) is 0 Å². The predicted molar refractivity (Wildman–Crippen MR) is 70.9 cm³/mol. The molecule has 3 nitrogen and oxygen atoms in total. The number of nitrogens with zero attached hydrogens (tertiary/aromatic N) is 2. The average molecular weight is 227 g/mol. The van der Waals surface area contributed by atoms with Crippen molar-refractivity contribution < 1.29 is 0 Å². The fourth-order valence-corrected chi connectivity index (χ4v) is 2.15. The quantitative estimate of drug-likeness (QED) is 0.737. The molecule has 1 saturated heterocycles. The van der Waals surface area contributed by atoms with E-state index in [0.717, 1.165) is 12.5 Å². The molecule has 1 N–H and O–H groups in total. The van der Waals surface area contributed by atoms with Crippen molar-refractivity contribution >= 4 is 0 Å². The normalized spacial score (nSPS) is 23.2. The molecule has 0 aliphatic carbocycles. The molecule has 0 spiro atoms. The van der Waals surface area contributed by atoms with E-state index in [2.05, 4.69) is 43.1 Å². The van der Waals surface area contributed by atoms with E-state index in [-0.39, 0.29) is 0 Å². The van der Waals surface area contributed by atoms with E-state index in [1.807, 2.05) is 0 Å². The second-order valence-electron chi connectivity index (χ2n) is 5.69. The molecule has 1 fully saturated rings. The number of likely N-dealkylation sites (N-methyl/N-ethyl adjacent to an activating group) is 1. The van der Waals surface area contributed by atoms with E-state index in [0.29, 0.717) is 6.04 Å². The van der Waals surface area contributed by atoms with Crippen LogP contribution < -0.4 is 5.32 Å². The summed E-state index contributed by atoms with van der Waals surface area (Å²) in [5.41, 5.74) is 0. The summed E-state index contributed by atoms with van der Waals surface area (Å²) < 4.78 is 0. The lowest BCUT2D eigenvalue weighted by atomic mass is 10.1. The molecule has 1 aliphatic rings. The maximum atomic E-state index is 3.60. The van der Waals surface area contributed by atoms with Crippen LogP contribution in [0.4, 0.5) is 0 Å². The molecule has 0 aromatic carbocycles. The molecule has 0 aromatic heterocycles.